The van der Waals surface area contributed by atoms with Crippen molar-refractivity contribution in [2.75, 3.05) is 0 Å². The highest BCUT2D eigenvalue weighted by molar-refractivity contribution is 9.10. The van der Waals surface area contributed by atoms with Gasteiger partial charge >= 0.3 is 0 Å². The molecule has 1 aromatic rings. The zero-order valence-electron chi connectivity index (χ0n) is 8.52. The number of aryl methyl sites for hydroxylation is 2. The summed E-state index contributed by atoms with van der Waals surface area (Å²) >= 11 is 3.59. The minimum absolute atomic E-state index is 0.171. The van der Waals surface area contributed by atoms with Crippen LogP contribution in [0.15, 0.2) is 22.7 Å². The van der Waals surface area contributed by atoms with E-state index in [0.29, 0.717) is 0 Å². The first kappa shape index (κ1) is 10.2. The van der Waals surface area contributed by atoms with Gasteiger partial charge in [-0.2, -0.15) is 0 Å². The molecule has 1 aliphatic rings. The molecule has 2 N–H and O–H groups in total. The minimum Gasteiger partial charge on any atom is -0.325 e. The minimum atomic E-state index is 0.171. The van der Waals surface area contributed by atoms with Gasteiger partial charge in [-0.25, -0.2) is 0 Å². The van der Waals surface area contributed by atoms with Crippen molar-refractivity contribution >= 4 is 15.9 Å². The normalized spacial score (nSPS) is 18.2. The van der Waals surface area contributed by atoms with Gasteiger partial charge in [0.05, 0.1) is 0 Å². The maximum absolute atomic E-state index is 6.06. The van der Waals surface area contributed by atoms with E-state index in [4.69, 9.17) is 5.73 Å². The molecule has 1 fully saturated rings. The van der Waals surface area contributed by atoms with Gasteiger partial charge in [-0.1, -0.05) is 28.1 Å². The van der Waals surface area contributed by atoms with Gasteiger partial charge in [-0.15, -0.1) is 0 Å². The fraction of sp³-hybridized carbons (Fsp3) is 0.500. The molecule has 76 valence electrons. The van der Waals surface area contributed by atoms with E-state index in [2.05, 4.69) is 41.1 Å². The molecular weight excluding hydrogens is 238 g/mol. The second kappa shape index (κ2) is 3.67. The van der Waals surface area contributed by atoms with Gasteiger partial charge in [0.1, 0.15) is 0 Å². The molecule has 2 rings (SSSR count). The van der Waals surface area contributed by atoms with Gasteiger partial charge in [0.15, 0.2) is 0 Å². The monoisotopic (exact) mass is 253 g/mol. The van der Waals surface area contributed by atoms with Crippen LogP contribution >= 0.6 is 15.9 Å². The molecule has 1 nitrogen and oxygen atoms in total. The molecule has 14 heavy (non-hydrogen) atoms. The third-order valence-electron chi connectivity index (χ3n) is 2.99. The highest BCUT2D eigenvalue weighted by atomic mass is 79.9. The van der Waals surface area contributed by atoms with E-state index >= 15 is 0 Å². The number of nitrogens with two attached hydrogens (primary N) is 1. The molecule has 2 heteroatoms. The van der Waals surface area contributed by atoms with Crippen molar-refractivity contribution in [3.63, 3.8) is 0 Å². The highest BCUT2D eigenvalue weighted by Crippen LogP contribution is 2.37. The number of benzene rings is 1. The Balaban J connectivity index is 2.02. The largest absolute Gasteiger partial charge is 0.325 e. The van der Waals surface area contributed by atoms with Gasteiger partial charge < -0.3 is 5.73 Å². The summed E-state index contributed by atoms with van der Waals surface area (Å²) in [4.78, 5) is 0. The summed E-state index contributed by atoms with van der Waals surface area (Å²) in [5.74, 6) is 0. The van der Waals surface area contributed by atoms with Crippen molar-refractivity contribution in [1.82, 2.24) is 0 Å². The zero-order chi connectivity index (χ0) is 10.2. The van der Waals surface area contributed by atoms with Crippen LogP contribution < -0.4 is 5.73 Å². The standard InChI is InChI=1S/C12H16BrN/c1-9-2-3-10(11(13)8-9)4-5-12(14)6-7-12/h2-3,8H,4-7,14H2,1H3. The van der Waals surface area contributed by atoms with Crippen molar-refractivity contribution in [3.05, 3.63) is 33.8 Å². The van der Waals surface area contributed by atoms with Gasteiger partial charge in [0.2, 0.25) is 0 Å². The third-order valence-corrected chi connectivity index (χ3v) is 3.73. The van der Waals surface area contributed by atoms with E-state index in [1.54, 1.807) is 0 Å². The Morgan fingerprint density at radius 2 is 2.14 bits per heavy atom. The van der Waals surface area contributed by atoms with E-state index in [1.165, 1.54) is 28.4 Å². The zero-order valence-corrected chi connectivity index (χ0v) is 10.1. The lowest BCUT2D eigenvalue weighted by Crippen LogP contribution is -2.22. The van der Waals surface area contributed by atoms with E-state index in [9.17, 15) is 0 Å². The van der Waals surface area contributed by atoms with E-state index in [1.807, 2.05) is 0 Å². The molecule has 0 saturated heterocycles. The summed E-state index contributed by atoms with van der Waals surface area (Å²) in [6.45, 7) is 2.11. The van der Waals surface area contributed by atoms with Crippen LogP contribution in [0.5, 0.6) is 0 Å². The average molecular weight is 254 g/mol. The highest BCUT2D eigenvalue weighted by Gasteiger charge is 2.37. The quantitative estimate of drug-likeness (QED) is 0.880. The second-order valence-corrected chi connectivity index (χ2v) is 5.31. The fourth-order valence-corrected chi connectivity index (χ4v) is 2.34. The predicted molar refractivity (Wildman–Crippen MR) is 63.4 cm³/mol. The Morgan fingerprint density at radius 3 is 2.71 bits per heavy atom. The maximum Gasteiger partial charge on any atom is 0.0209 e. The van der Waals surface area contributed by atoms with Crippen LogP contribution in [0.3, 0.4) is 0 Å². The summed E-state index contributed by atoms with van der Waals surface area (Å²) in [5, 5.41) is 0. The molecule has 1 saturated carbocycles. The van der Waals surface area contributed by atoms with Crippen LogP contribution in [0.25, 0.3) is 0 Å². The van der Waals surface area contributed by atoms with Gasteiger partial charge in [0, 0.05) is 10.0 Å². The maximum atomic E-state index is 6.06. The van der Waals surface area contributed by atoms with E-state index in [-0.39, 0.29) is 5.54 Å². The first-order valence-corrected chi connectivity index (χ1v) is 5.92. The molecule has 0 aromatic heterocycles. The summed E-state index contributed by atoms with van der Waals surface area (Å²) in [5.41, 5.74) is 8.91. The van der Waals surface area contributed by atoms with Crippen molar-refractivity contribution in [3.8, 4) is 0 Å². The fourth-order valence-electron chi connectivity index (χ4n) is 1.65. The second-order valence-electron chi connectivity index (χ2n) is 4.46. The smallest absolute Gasteiger partial charge is 0.0209 e. The van der Waals surface area contributed by atoms with Crippen LogP contribution in [0.2, 0.25) is 0 Å². The summed E-state index contributed by atoms with van der Waals surface area (Å²) in [7, 11) is 0. The lowest BCUT2D eigenvalue weighted by atomic mass is 10.0. The summed E-state index contributed by atoms with van der Waals surface area (Å²) < 4.78 is 1.22. The molecule has 0 heterocycles. The van der Waals surface area contributed by atoms with Crippen molar-refractivity contribution in [1.29, 1.82) is 0 Å². The number of rotatable bonds is 3. The average Bonchev–Trinajstić information content (AvgIpc) is 2.83. The lowest BCUT2D eigenvalue weighted by molar-refractivity contribution is 0.608. The molecule has 1 aromatic carbocycles. The molecule has 0 unspecified atom stereocenters. The third kappa shape index (κ3) is 2.37. The molecule has 1 aliphatic carbocycles. The summed E-state index contributed by atoms with van der Waals surface area (Å²) in [6.07, 6.45) is 4.62. The molecular formula is C12H16BrN. The first-order chi connectivity index (χ1) is 6.59. The SMILES string of the molecule is Cc1ccc(CCC2(N)CC2)c(Br)c1. The first-order valence-electron chi connectivity index (χ1n) is 5.13. The lowest BCUT2D eigenvalue weighted by Gasteiger charge is -2.09. The number of halogens is 1. The molecule has 0 amide bonds. The van der Waals surface area contributed by atoms with Gasteiger partial charge in [0.25, 0.3) is 0 Å². The van der Waals surface area contributed by atoms with Crippen LogP contribution in [-0.2, 0) is 6.42 Å². The van der Waals surface area contributed by atoms with Crippen LogP contribution in [0.4, 0.5) is 0 Å². The Labute approximate surface area is 93.8 Å². The molecule has 0 spiro atoms. The van der Waals surface area contributed by atoms with E-state index in [0.717, 1.165) is 12.8 Å². The number of hydrogen-bond acceptors (Lipinski definition) is 1. The van der Waals surface area contributed by atoms with Crippen molar-refractivity contribution < 1.29 is 0 Å². The van der Waals surface area contributed by atoms with Crippen LogP contribution in [0, 0.1) is 6.92 Å². The predicted octanol–water partition coefficient (Wildman–Crippen LogP) is 3.18. The Kier molecular flexibility index (Phi) is 2.67. The topological polar surface area (TPSA) is 26.0 Å². The van der Waals surface area contributed by atoms with Gasteiger partial charge in [-0.05, 0) is 49.8 Å². The molecule has 0 bridgehead atoms. The van der Waals surface area contributed by atoms with Crippen LogP contribution in [-0.4, -0.2) is 5.54 Å². The Morgan fingerprint density at radius 1 is 1.43 bits per heavy atom. The van der Waals surface area contributed by atoms with Crippen molar-refractivity contribution in [2.45, 2.75) is 38.1 Å². The Bertz CT molecular complexity index is 342. The Hall–Kier alpha value is -0.340. The van der Waals surface area contributed by atoms with Crippen LogP contribution in [0.1, 0.15) is 30.4 Å². The molecule has 0 aliphatic heterocycles. The van der Waals surface area contributed by atoms with E-state index < -0.39 is 0 Å². The molecule has 0 atom stereocenters. The molecule has 0 radical (unpaired) electrons. The van der Waals surface area contributed by atoms with Crippen molar-refractivity contribution in [2.24, 2.45) is 5.73 Å². The van der Waals surface area contributed by atoms with Gasteiger partial charge in [-0.3, -0.25) is 0 Å². The number of hydrogen-bond donors (Lipinski definition) is 1. The summed E-state index contributed by atoms with van der Waals surface area (Å²) in [6, 6.07) is 6.53.